The summed E-state index contributed by atoms with van der Waals surface area (Å²) in [5, 5.41) is 5.65. The van der Waals surface area contributed by atoms with Gasteiger partial charge in [0.25, 0.3) is 0 Å². The summed E-state index contributed by atoms with van der Waals surface area (Å²) in [6.07, 6.45) is 3.01. The number of ether oxygens (including phenoxy) is 1. The molecule has 2 N–H and O–H groups in total. The number of aromatic nitrogens is 3. The Hall–Kier alpha value is -4.09. The SMILES string of the molecule is CNC(C)C(=O)Nc1ccc(-c2cnc(C(=O)OC)nc2)c(C#Cc2ccccc2)n1. The lowest BCUT2D eigenvalue weighted by molar-refractivity contribution is -0.117. The fourth-order valence-electron chi connectivity index (χ4n) is 2.54. The maximum atomic E-state index is 12.2. The van der Waals surface area contributed by atoms with Crippen molar-refractivity contribution in [3.8, 4) is 23.0 Å². The van der Waals surface area contributed by atoms with E-state index in [9.17, 15) is 9.59 Å². The van der Waals surface area contributed by atoms with Gasteiger partial charge in [-0.3, -0.25) is 4.79 Å². The van der Waals surface area contributed by atoms with Crippen LogP contribution in [0.2, 0.25) is 0 Å². The van der Waals surface area contributed by atoms with Gasteiger partial charge < -0.3 is 15.4 Å². The second-order valence-corrected chi connectivity index (χ2v) is 6.50. The molecule has 0 aliphatic rings. The van der Waals surface area contributed by atoms with Gasteiger partial charge in [0.1, 0.15) is 11.5 Å². The first kappa shape index (κ1) is 21.6. The first-order chi connectivity index (χ1) is 15.0. The maximum absolute atomic E-state index is 12.2. The third kappa shape index (κ3) is 5.50. The van der Waals surface area contributed by atoms with Crippen molar-refractivity contribution in [2.45, 2.75) is 13.0 Å². The fourth-order valence-corrected chi connectivity index (χ4v) is 2.54. The number of amides is 1. The molecule has 1 unspecified atom stereocenters. The topological polar surface area (TPSA) is 106 Å². The highest BCUT2D eigenvalue weighted by Crippen LogP contribution is 2.23. The van der Waals surface area contributed by atoms with Gasteiger partial charge in [0.2, 0.25) is 11.7 Å². The van der Waals surface area contributed by atoms with Gasteiger partial charge in [-0.2, -0.15) is 0 Å². The predicted octanol–water partition coefficient (Wildman–Crippen LogP) is 2.27. The molecule has 2 aromatic heterocycles. The second-order valence-electron chi connectivity index (χ2n) is 6.50. The molecule has 0 spiro atoms. The second kappa shape index (κ2) is 10.1. The summed E-state index contributed by atoms with van der Waals surface area (Å²) in [5.41, 5.74) is 2.55. The van der Waals surface area contributed by atoms with E-state index in [1.165, 1.54) is 19.5 Å². The molecule has 1 aromatic carbocycles. The number of pyridine rings is 1. The van der Waals surface area contributed by atoms with Gasteiger partial charge in [-0.1, -0.05) is 24.1 Å². The minimum atomic E-state index is -0.620. The average molecular weight is 415 g/mol. The summed E-state index contributed by atoms with van der Waals surface area (Å²) in [5.74, 6) is 5.63. The van der Waals surface area contributed by atoms with E-state index < -0.39 is 5.97 Å². The van der Waals surface area contributed by atoms with Crippen LogP contribution < -0.4 is 10.6 Å². The van der Waals surface area contributed by atoms with Gasteiger partial charge in [0.15, 0.2) is 0 Å². The number of nitrogens with zero attached hydrogens (tertiary/aromatic N) is 3. The monoisotopic (exact) mass is 415 g/mol. The molecule has 1 amide bonds. The molecule has 3 aromatic rings. The normalized spacial score (nSPS) is 11.1. The van der Waals surface area contributed by atoms with E-state index in [2.05, 4.69) is 42.2 Å². The molecule has 0 saturated carbocycles. The van der Waals surface area contributed by atoms with E-state index in [1.807, 2.05) is 30.3 Å². The molecule has 8 heteroatoms. The fraction of sp³-hybridized carbons (Fsp3) is 0.174. The van der Waals surface area contributed by atoms with Crippen LogP contribution >= 0.6 is 0 Å². The number of carbonyl (C=O) groups is 2. The number of methoxy groups -OCH3 is 1. The smallest absolute Gasteiger partial charge is 0.376 e. The number of rotatable bonds is 5. The first-order valence-electron chi connectivity index (χ1n) is 9.48. The maximum Gasteiger partial charge on any atom is 0.376 e. The van der Waals surface area contributed by atoms with Gasteiger partial charge in [0, 0.05) is 29.1 Å². The molecule has 0 aliphatic heterocycles. The molecular formula is C23H21N5O3. The van der Waals surface area contributed by atoms with E-state index in [4.69, 9.17) is 0 Å². The standard InChI is InChI=1S/C23H21N5O3/c1-15(24-2)22(29)28-20-12-10-18(17-13-25-21(26-14-17)23(30)31-3)19(27-20)11-9-16-7-5-4-6-8-16/h4-8,10,12-15,24H,1-3H3,(H,27,28,29). The van der Waals surface area contributed by atoms with E-state index in [1.54, 1.807) is 26.1 Å². The molecule has 2 heterocycles. The van der Waals surface area contributed by atoms with Crippen LogP contribution in [0.3, 0.4) is 0 Å². The van der Waals surface area contributed by atoms with Gasteiger partial charge in [-0.05, 0) is 44.2 Å². The van der Waals surface area contributed by atoms with Crippen molar-refractivity contribution in [3.63, 3.8) is 0 Å². The number of hydrogen-bond acceptors (Lipinski definition) is 7. The van der Waals surface area contributed by atoms with Crippen LogP contribution in [0, 0.1) is 11.8 Å². The Balaban J connectivity index is 2.00. The van der Waals surface area contributed by atoms with Crippen molar-refractivity contribution in [3.05, 3.63) is 71.9 Å². The van der Waals surface area contributed by atoms with Crippen LogP contribution in [0.4, 0.5) is 5.82 Å². The zero-order chi connectivity index (χ0) is 22.2. The number of carbonyl (C=O) groups excluding carboxylic acids is 2. The summed E-state index contributed by atoms with van der Waals surface area (Å²) in [6, 6.07) is 12.6. The Morgan fingerprint density at radius 1 is 1.03 bits per heavy atom. The van der Waals surface area contributed by atoms with Crippen LogP contribution in [0.25, 0.3) is 11.1 Å². The van der Waals surface area contributed by atoms with Crippen molar-refractivity contribution < 1.29 is 14.3 Å². The molecule has 0 bridgehead atoms. The predicted molar refractivity (Wildman–Crippen MR) is 116 cm³/mol. The van der Waals surface area contributed by atoms with Gasteiger partial charge in [-0.25, -0.2) is 19.7 Å². The molecule has 0 radical (unpaired) electrons. The zero-order valence-electron chi connectivity index (χ0n) is 17.3. The van der Waals surface area contributed by atoms with E-state index in [0.717, 1.165) is 5.56 Å². The first-order valence-corrected chi connectivity index (χ1v) is 9.48. The molecule has 31 heavy (non-hydrogen) atoms. The average Bonchev–Trinajstić information content (AvgIpc) is 2.82. The minimum Gasteiger partial charge on any atom is -0.463 e. The molecule has 0 aliphatic carbocycles. The molecule has 1 atom stereocenters. The lowest BCUT2D eigenvalue weighted by atomic mass is 10.1. The molecule has 3 rings (SSSR count). The van der Waals surface area contributed by atoms with Gasteiger partial charge >= 0.3 is 5.97 Å². The number of anilines is 1. The molecule has 0 saturated heterocycles. The Labute approximate surface area is 180 Å². The highest BCUT2D eigenvalue weighted by Gasteiger charge is 2.14. The highest BCUT2D eigenvalue weighted by molar-refractivity contribution is 5.94. The third-order valence-electron chi connectivity index (χ3n) is 4.40. The van der Waals surface area contributed by atoms with Gasteiger partial charge in [-0.15, -0.1) is 0 Å². The van der Waals surface area contributed by atoms with Crippen LogP contribution in [-0.4, -0.2) is 47.0 Å². The Bertz CT molecular complexity index is 1140. The summed E-state index contributed by atoms with van der Waals surface area (Å²) in [7, 11) is 2.97. The van der Waals surface area contributed by atoms with Gasteiger partial charge in [0.05, 0.1) is 13.2 Å². The van der Waals surface area contributed by atoms with E-state index in [-0.39, 0.29) is 17.8 Å². The molecular weight excluding hydrogens is 394 g/mol. The molecule has 156 valence electrons. The lowest BCUT2D eigenvalue weighted by Gasteiger charge is -2.12. The number of nitrogens with one attached hydrogen (secondary N) is 2. The van der Waals surface area contributed by atoms with Crippen molar-refractivity contribution in [1.82, 2.24) is 20.3 Å². The summed E-state index contributed by atoms with van der Waals surface area (Å²) in [4.78, 5) is 36.4. The van der Waals surface area contributed by atoms with Crippen LogP contribution in [0.1, 0.15) is 28.8 Å². The summed E-state index contributed by atoms with van der Waals surface area (Å²) < 4.78 is 4.63. The van der Waals surface area contributed by atoms with Crippen molar-refractivity contribution in [2.75, 3.05) is 19.5 Å². The number of benzene rings is 1. The van der Waals surface area contributed by atoms with Crippen molar-refractivity contribution >= 4 is 17.7 Å². The Morgan fingerprint density at radius 2 is 1.74 bits per heavy atom. The summed E-state index contributed by atoms with van der Waals surface area (Å²) in [6.45, 7) is 1.75. The number of hydrogen-bond donors (Lipinski definition) is 2. The highest BCUT2D eigenvalue weighted by atomic mass is 16.5. The summed E-state index contributed by atoms with van der Waals surface area (Å²) >= 11 is 0. The largest absolute Gasteiger partial charge is 0.463 e. The molecule has 0 fully saturated rings. The molecule has 8 nitrogen and oxygen atoms in total. The zero-order valence-corrected chi connectivity index (χ0v) is 17.3. The van der Waals surface area contributed by atoms with Crippen LogP contribution in [-0.2, 0) is 9.53 Å². The van der Waals surface area contributed by atoms with E-state index in [0.29, 0.717) is 22.6 Å². The number of esters is 1. The van der Waals surface area contributed by atoms with Crippen LogP contribution in [0.5, 0.6) is 0 Å². The van der Waals surface area contributed by atoms with Crippen molar-refractivity contribution in [1.29, 1.82) is 0 Å². The lowest BCUT2D eigenvalue weighted by Crippen LogP contribution is -2.35. The van der Waals surface area contributed by atoms with Crippen LogP contribution in [0.15, 0.2) is 54.9 Å². The van der Waals surface area contributed by atoms with E-state index >= 15 is 0 Å². The Morgan fingerprint density at radius 3 is 2.39 bits per heavy atom. The minimum absolute atomic E-state index is 0.0407. The quantitative estimate of drug-likeness (QED) is 0.486. The Kier molecular flexibility index (Phi) is 7.04. The third-order valence-corrected chi connectivity index (χ3v) is 4.40. The van der Waals surface area contributed by atoms with Crippen molar-refractivity contribution in [2.24, 2.45) is 0 Å². The number of likely N-dealkylation sites (N-methyl/N-ethyl adjacent to an activating group) is 1.